The zero-order chi connectivity index (χ0) is 27.0. The second-order valence-corrected chi connectivity index (χ2v) is 8.21. The van der Waals surface area contributed by atoms with Gasteiger partial charge in [-0.2, -0.15) is 0 Å². The smallest absolute Gasteiger partial charge is 0.305 e. The van der Waals surface area contributed by atoms with Crippen LogP contribution in [0.3, 0.4) is 0 Å². The van der Waals surface area contributed by atoms with Crippen molar-refractivity contribution in [3.05, 3.63) is 40.6 Å². The number of aromatic hydroxyl groups is 3. The van der Waals surface area contributed by atoms with Gasteiger partial charge < -0.3 is 54.0 Å². The largest absolute Gasteiger partial charge is 0.508 e. The highest BCUT2D eigenvalue weighted by molar-refractivity contribution is 5.88. The average molecular weight is 520 g/mol. The molecule has 1 aliphatic rings. The third-order valence-corrected chi connectivity index (χ3v) is 5.72. The SMILES string of the molecule is COc1cc(-c2oc3cc(O)cc(O)c3c(=O)c2OC2C(O)C(CO)OC(OC(C)=O)C2O)ccc1O. The van der Waals surface area contributed by atoms with E-state index in [1.54, 1.807) is 0 Å². The summed E-state index contributed by atoms with van der Waals surface area (Å²) in [4.78, 5) is 25.0. The van der Waals surface area contributed by atoms with E-state index in [0.29, 0.717) is 0 Å². The van der Waals surface area contributed by atoms with Crippen LogP contribution in [0.15, 0.2) is 39.5 Å². The Morgan fingerprint density at radius 2 is 1.78 bits per heavy atom. The van der Waals surface area contributed by atoms with Gasteiger partial charge in [0.25, 0.3) is 0 Å². The predicted octanol–water partition coefficient (Wildman–Crippen LogP) is 0.335. The molecule has 6 N–H and O–H groups in total. The molecule has 198 valence electrons. The normalized spacial score (nSPS) is 23.5. The van der Waals surface area contributed by atoms with Gasteiger partial charge in [0, 0.05) is 24.6 Å². The minimum Gasteiger partial charge on any atom is -0.508 e. The highest BCUT2D eigenvalue weighted by Gasteiger charge is 2.48. The molecule has 3 aromatic rings. The number of rotatable bonds is 6. The molecule has 5 atom stereocenters. The van der Waals surface area contributed by atoms with Crippen LogP contribution in [-0.4, -0.2) is 81.0 Å². The summed E-state index contributed by atoms with van der Waals surface area (Å²) in [6, 6.07) is 5.90. The van der Waals surface area contributed by atoms with Crippen molar-refractivity contribution in [1.82, 2.24) is 0 Å². The Labute approximate surface area is 208 Å². The van der Waals surface area contributed by atoms with Gasteiger partial charge in [-0.15, -0.1) is 0 Å². The molecule has 13 heteroatoms. The van der Waals surface area contributed by atoms with E-state index in [0.717, 1.165) is 19.1 Å². The Hall–Kier alpha value is -4.04. The maximum Gasteiger partial charge on any atom is 0.305 e. The summed E-state index contributed by atoms with van der Waals surface area (Å²) in [6.45, 7) is 0.303. The van der Waals surface area contributed by atoms with Crippen LogP contribution in [0.2, 0.25) is 0 Å². The fourth-order valence-electron chi connectivity index (χ4n) is 3.97. The van der Waals surface area contributed by atoms with E-state index < -0.39 is 66.0 Å². The Morgan fingerprint density at radius 1 is 1.05 bits per heavy atom. The van der Waals surface area contributed by atoms with Crippen LogP contribution in [-0.2, 0) is 14.3 Å². The fraction of sp³-hybridized carbons (Fsp3) is 0.333. The number of phenols is 3. The number of esters is 1. The minimum absolute atomic E-state index is 0.00588. The van der Waals surface area contributed by atoms with Crippen LogP contribution in [0.4, 0.5) is 0 Å². The van der Waals surface area contributed by atoms with Crippen molar-refractivity contribution in [3.63, 3.8) is 0 Å². The summed E-state index contributed by atoms with van der Waals surface area (Å²) in [5.41, 5.74) is -1.04. The summed E-state index contributed by atoms with van der Waals surface area (Å²) in [7, 11) is 1.29. The Balaban J connectivity index is 1.92. The van der Waals surface area contributed by atoms with Crippen LogP contribution >= 0.6 is 0 Å². The first-order valence-corrected chi connectivity index (χ1v) is 10.9. The molecule has 4 rings (SSSR count). The topological polar surface area (TPSA) is 206 Å². The number of benzene rings is 2. The zero-order valence-electron chi connectivity index (χ0n) is 19.5. The zero-order valence-corrected chi connectivity index (χ0v) is 19.5. The molecular weight excluding hydrogens is 496 g/mol. The highest BCUT2D eigenvalue weighted by Crippen LogP contribution is 2.39. The van der Waals surface area contributed by atoms with E-state index in [4.69, 9.17) is 23.4 Å². The quantitative estimate of drug-likeness (QED) is 0.243. The highest BCUT2D eigenvalue weighted by atomic mass is 16.7. The van der Waals surface area contributed by atoms with E-state index in [-0.39, 0.29) is 33.8 Å². The molecule has 0 bridgehead atoms. The molecule has 1 saturated heterocycles. The summed E-state index contributed by atoms with van der Waals surface area (Å²) in [6.07, 6.45) is -8.25. The molecule has 0 amide bonds. The Bertz CT molecular complexity index is 1380. The molecule has 0 aliphatic carbocycles. The monoisotopic (exact) mass is 520 g/mol. The van der Waals surface area contributed by atoms with Gasteiger partial charge >= 0.3 is 5.97 Å². The Kier molecular flexibility index (Phi) is 7.14. The van der Waals surface area contributed by atoms with Crippen molar-refractivity contribution in [2.24, 2.45) is 0 Å². The molecule has 5 unspecified atom stereocenters. The van der Waals surface area contributed by atoms with E-state index in [9.17, 15) is 40.2 Å². The van der Waals surface area contributed by atoms with Gasteiger partial charge in [0.15, 0.2) is 29.5 Å². The number of methoxy groups -OCH3 is 1. The first kappa shape index (κ1) is 26.0. The van der Waals surface area contributed by atoms with Crippen molar-refractivity contribution < 1.29 is 58.8 Å². The van der Waals surface area contributed by atoms with Crippen molar-refractivity contribution in [2.45, 2.75) is 37.6 Å². The number of fused-ring (bicyclic) bond motifs is 1. The third-order valence-electron chi connectivity index (χ3n) is 5.72. The van der Waals surface area contributed by atoms with Crippen LogP contribution in [0.25, 0.3) is 22.3 Å². The van der Waals surface area contributed by atoms with E-state index >= 15 is 0 Å². The van der Waals surface area contributed by atoms with Crippen molar-refractivity contribution in [3.8, 4) is 40.1 Å². The lowest BCUT2D eigenvalue weighted by Gasteiger charge is -2.41. The van der Waals surface area contributed by atoms with Gasteiger partial charge in [0.2, 0.25) is 17.5 Å². The van der Waals surface area contributed by atoms with Gasteiger partial charge in [0.05, 0.1) is 13.7 Å². The standard InChI is InChI=1S/C24H24O13/c1-9(26)34-24-20(32)22(18(30)16(8-25)36-24)37-23-19(31)17-13(29)6-11(27)7-15(17)35-21(23)10-3-4-12(28)14(5-10)33-2/h3-7,16,18,20,22,24-25,27-30,32H,8H2,1-2H3. The molecule has 13 nitrogen and oxygen atoms in total. The van der Waals surface area contributed by atoms with Gasteiger partial charge in [-0.1, -0.05) is 0 Å². The fourth-order valence-corrected chi connectivity index (χ4v) is 3.97. The number of ether oxygens (including phenoxy) is 4. The lowest BCUT2D eigenvalue weighted by molar-refractivity contribution is -0.287. The van der Waals surface area contributed by atoms with E-state index in [2.05, 4.69) is 0 Å². The van der Waals surface area contributed by atoms with Gasteiger partial charge in [-0.3, -0.25) is 9.59 Å². The summed E-state index contributed by atoms with van der Waals surface area (Å²) in [5, 5.41) is 60.9. The number of carbonyl (C=O) groups excluding carboxylic acids is 1. The second kappa shape index (κ2) is 10.1. The molecule has 1 aromatic heterocycles. The van der Waals surface area contributed by atoms with Crippen LogP contribution in [0.1, 0.15) is 6.92 Å². The van der Waals surface area contributed by atoms with Gasteiger partial charge in [-0.25, -0.2) is 0 Å². The molecule has 0 radical (unpaired) electrons. The Morgan fingerprint density at radius 3 is 2.43 bits per heavy atom. The molecule has 2 aromatic carbocycles. The number of phenolic OH excluding ortho intramolecular Hbond substituents is 3. The van der Waals surface area contributed by atoms with Crippen molar-refractivity contribution in [1.29, 1.82) is 0 Å². The maximum absolute atomic E-state index is 13.5. The van der Waals surface area contributed by atoms with Crippen LogP contribution in [0, 0.1) is 0 Å². The molecular formula is C24H24O13. The molecule has 1 fully saturated rings. The first-order valence-electron chi connectivity index (χ1n) is 10.9. The molecule has 0 spiro atoms. The third kappa shape index (κ3) is 4.84. The minimum atomic E-state index is -1.83. The van der Waals surface area contributed by atoms with Crippen molar-refractivity contribution in [2.75, 3.05) is 13.7 Å². The van der Waals surface area contributed by atoms with Gasteiger partial charge in [-0.05, 0) is 18.2 Å². The van der Waals surface area contributed by atoms with Crippen molar-refractivity contribution >= 4 is 16.9 Å². The number of aliphatic hydroxyl groups excluding tert-OH is 3. The summed E-state index contributed by atoms with van der Waals surface area (Å²) >= 11 is 0. The second-order valence-electron chi connectivity index (χ2n) is 8.21. The first-order chi connectivity index (χ1) is 17.5. The molecule has 0 saturated carbocycles. The molecule has 2 heterocycles. The van der Waals surface area contributed by atoms with Crippen LogP contribution < -0.4 is 14.9 Å². The summed E-state index contributed by atoms with van der Waals surface area (Å²) < 4.78 is 26.8. The number of hydrogen-bond acceptors (Lipinski definition) is 13. The average Bonchev–Trinajstić information content (AvgIpc) is 2.84. The van der Waals surface area contributed by atoms with Gasteiger partial charge in [0.1, 0.15) is 34.7 Å². The van der Waals surface area contributed by atoms with E-state index in [1.165, 1.54) is 25.3 Å². The number of aliphatic hydroxyl groups is 3. The molecule has 37 heavy (non-hydrogen) atoms. The van der Waals surface area contributed by atoms with Crippen LogP contribution in [0.5, 0.6) is 28.7 Å². The lowest BCUT2D eigenvalue weighted by atomic mass is 9.98. The summed E-state index contributed by atoms with van der Waals surface area (Å²) in [5.74, 6) is -2.96. The van der Waals surface area contributed by atoms with E-state index in [1.807, 2.05) is 0 Å². The molecule has 1 aliphatic heterocycles. The predicted molar refractivity (Wildman–Crippen MR) is 123 cm³/mol. The number of carbonyl (C=O) groups is 1. The maximum atomic E-state index is 13.5. The lowest BCUT2D eigenvalue weighted by Crippen LogP contribution is -2.61. The number of hydrogen-bond donors (Lipinski definition) is 6.